The van der Waals surface area contributed by atoms with E-state index in [0.29, 0.717) is 12.2 Å². The molecule has 0 spiro atoms. The zero-order valence-corrected chi connectivity index (χ0v) is 17.7. The molecule has 1 atom stereocenters. The van der Waals surface area contributed by atoms with Crippen molar-refractivity contribution in [1.29, 1.82) is 0 Å². The number of ether oxygens (including phenoxy) is 1. The summed E-state index contributed by atoms with van der Waals surface area (Å²) in [5, 5.41) is 16.3. The van der Waals surface area contributed by atoms with E-state index in [1.807, 2.05) is 0 Å². The van der Waals surface area contributed by atoms with Crippen LogP contribution < -0.4 is 16.0 Å². The molecule has 2 aliphatic heterocycles. The molecule has 12 nitrogen and oxygen atoms in total. The van der Waals surface area contributed by atoms with Crippen molar-refractivity contribution in [3.05, 3.63) is 29.3 Å². The number of rotatable bonds is 11. The van der Waals surface area contributed by atoms with Gasteiger partial charge in [-0.15, -0.1) is 0 Å². The van der Waals surface area contributed by atoms with E-state index in [4.69, 9.17) is 9.84 Å². The number of fused-ring (bicyclic) bond motifs is 1. The van der Waals surface area contributed by atoms with Gasteiger partial charge in [0, 0.05) is 31.6 Å². The molecule has 2 aliphatic rings. The number of carboxylic acid groups (broad SMARTS) is 1. The zero-order valence-electron chi connectivity index (χ0n) is 17.7. The first-order valence-electron chi connectivity index (χ1n) is 10.4. The fraction of sp³-hybridized carbons (Fsp3) is 0.429. The Morgan fingerprint density at radius 2 is 1.85 bits per heavy atom. The average Bonchev–Trinajstić information content (AvgIpc) is 3.02. The van der Waals surface area contributed by atoms with Gasteiger partial charge in [-0.1, -0.05) is 6.07 Å². The molecular weight excluding hydrogens is 436 g/mol. The van der Waals surface area contributed by atoms with Gasteiger partial charge < -0.3 is 20.5 Å². The molecular formula is C21H24N4O8. The number of carboxylic acids is 1. The molecule has 176 valence electrons. The summed E-state index contributed by atoms with van der Waals surface area (Å²) >= 11 is 0. The second kappa shape index (κ2) is 10.7. The van der Waals surface area contributed by atoms with Crippen LogP contribution in [0.5, 0.6) is 0 Å². The molecule has 5 amide bonds. The van der Waals surface area contributed by atoms with E-state index in [2.05, 4.69) is 16.0 Å². The van der Waals surface area contributed by atoms with E-state index in [0.717, 1.165) is 4.90 Å². The van der Waals surface area contributed by atoms with Crippen molar-refractivity contribution in [1.82, 2.24) is 15.5 Å². The molecule has 0 bridgehead atoms. The van der Waals surface area contributed by atoms with E-state index in [9.17, 15) is 28.8 Å². The molecule has 12 heteroatoms. The third-order valence-corrected chi connectivity index (χ3v) is 5.16. The highest BCUT2D eigenvalue weighted by Gasteiger charge is 2.45. The number of piperidine rings is 1. The van der Waals surface area contributed by atoms with Crippen molar-refractivity contribution in [3.8, 4) is 0 Å². The first-order chi connectivity index (χ1) is 15.8. The van der Waals surface area contributed by atoms with Crippen LogP contribution >= 0.6 is 0 Å². The SMILES string of the molecule is O=C(O)CCC(=O)NCCOCCNc1cccc2c1C(=O)N(C1CCC(=O)NC1=O)C2=O. The summed E-state index contributed by atoms with van der Waals surface area (Å²) in [6.07, 6.45) is -0.204. The predicted octanol–water partition coefficient (Wildman–Crippen LogP) is -0.503. The minimum atomic E-state index is -1.04. The van der Waals surface area contributed by atoms with Crippen LogP contribution in [0.4, 0.5) is 5.69 Å². The minimum Gasteiger partial charge on any atom is -0.481 e. The summed E-state index contributed by atoms with van der Waals surface area (Å²) in [5.41, 5.74) is 0.767. The summed E-state index contributed by atoms with van der Waals surface area (Å²) in [7, 11) is 0. The van der Waals surface area contributed by atoms with Crippen molar-refractivity contribution < 1.29 is 38.6 Å². The van der Waals surface area contributed by atoms with E-state index in [-0.39, 0.29) is 62.5 Å². The van der Waals surface area contributed by atoms with Gasteiger partial charge in [0.1, 0.15) is 6.04 Å². The fourth-order valence-corrected chi connectivity index (χ4v) is 3.59. The van der Waals surface area contributed by atoms with Gasteiger partial charge in [-0.05, 0) is 18.6 Å². The van der Waals surface area contributed by atoms with Crippen LogP contribution in [-0.2, 0) is 23.9 Å². The number of nitrogens with zero attached hydrogens (tertiary/aromatic N) is 1. The molecule has 1 saturated heterocycles. The highest BCUT2D eigenvalue weighted by molar-refractivity contribution is 6.25. The maximum Gasteiger partial charge on any atom is 0.303 e. The molecule has 1 aromatic rings. The smallest absolute Gasteiger partial charge is 0.303 e. The molecule has 1 fully saturated rings. The van der Waals surface area contributed by atoms with Crippen molar-refractivity contribution in [3.63, 3.8) is 0 Å². The lowest BCUT2D eigenvalue weighted by atomic mass is 10.0. The summed E-state index contributed by atoms with van der Waals surface area (Å²) in [5.74, 6) is -3.70. The number of hydrogen-bond acceptors (Lipinski definition) is 8. The first kappa shape index (κ1) is 23.9. The standard InChI is InChI=1S/C21H24N4O8/c26-15(6-7-17(28)29)23-9-11-33-10-8-22-13-3-1-2-12-18(13)21(32)25(20(12)31)14-4-5-16(27)24-19(14)30/h1-3,14,22H,4-11H2,(H,23,26)(H,28,29)(H,24,27,30). The summed E-state index contributed by atoms with van der Waals surface area (Å²) < 4.78 is 5.40. The highest BCUT2D eigenvalue weighted by Crippen LogP contribution is 2.32. The third-order valence-electron chi connectivity index (χ3n) is 5.16. The molecule has 4 N–H and O–H groups in total. The molecule has 0 saturated carbocycles. The maximum absolute atomic E-state index is 13.0. The van der Waals surface area contributed by atoms with Crippen molar-refractivity contribution in [2.75, 3.05) is 31.6 Å². The normalized spacial score (nSPS) is 17.6. The number of aliphatic carboxylic acids is 1. The molecule has 1 unspecified atom stereocenters. The van der Waals surface area contributed by atoms with Gasteiger partial charge in [-0.25, -0.2) is 0 Å². The molecule has 1 aromatic carbocycles. The summed E-state index contributed by atoms with van der Waals surface area (Å²) in [6.45, 7) is 0.998. The highest BCUT2D eigenvalue weighted by atomic mass is 16.5. The Kier molecular flexibility index (Phi) is 7.72. The van der Waals surface area contributed by atoms with Gasteiger partial charge in [-0.2, -0.15) is 0 Å². The molecule has 0 aromatic heterocycles. The predicted molar refractivity (Wildman–Crippen MR) is 112 cm³/mol. The third kappa shape index (κ3) is 5.71. The second-order valence-corrected chi connectivity index (χ2v) is 7.46. The van der Waals surface area contributed by atoms with E-state index in [1.54, 1.807) is 12.1 Å². The number of carbonyl (C=O) groups is 6. The van der Waals surface area contributed by atoms with Gasteiger partial charge in [0.05, 0.1) is 30.8 Å². The lowest BCUT2D eigenvalue weighted by Crippen LogP contribution is -2.54. The van der Waals surface area contributed by atoms with Gasteiger partial charge in [0.15, 0.2) is 0 Å². The van der Waals surface area contributed by atoms with Gasteiger partial charge in [0.2, 0.25) is 17.7 Å². The molecule has 0 radical (unpaired) electrons. The van der Waals surface area contributed by atoms with Crippen molar-refractivity contribution >= 4 is 41.2 Å². The first-order valence-corrected chi connectivity index (χ1v) is 10.4. The number of carbonyl (C=O) groups excluding carboxylic acids is 5. The largest absolute Gasteiger partial charge is 0.481 e. The molecule has 3 rings (SSSR count). The van der Waals surface area contributed by atoms with Crippen LogP contribution in [-0.4, -0.2) is 77.9 Å². The molecule has 33 heavy (non-hydrogen) atoms. The Hall–Kier alpha value is -3.80. The molecule has 0 aliphatic carbocycles. The van der Waals surface area contributed by atoms with E-state index >= 15 is 0 Å². The average molecular weight is 460 g/mol. The fourth-order valence-electron chi connectivity index (χ4n) is 3.59. The van der Waals surface area contributed by atoms with Crippen LogP contribution in [0, 0.1) is 0 Å². The van der Waals surface area contributed by atoms with Crippen molar-refractivity contribution in [2.24, 2.45) is 0 Å². The van der Waals surface area contributed by atoms with E-state index < -0.39 is 35.6 Å². The van der Waals surface area contributed by atoms with Crippen LogP contribution in [0.15, 0.2) is 18.2 Å². The quantitative estimate of drug-likeness (QED) is 0.251. The number of nitrogens with one attached hydrogen (secondary N) is 3. The Morgan fingerprint density at radius 1 is 1.09 bits per heavy atom. The minimum absolute atomic E-state index is 0.0479. The van der Waals surface area contributed by atoms with Gasteiger partial charge in [0.25, 0.3) is 11.8 Å². The summed E-state index contributed by atoms with van der Waals surface area (Å²) in [4.78, 5) is 72.1. The Labute approximate surface area is 188 Å². The van der Waals surface area contributed by atoms with Crippen LogP contribution in [0.3, 0.4) is 0 Å². The van der Waals surface area contributed by atoms with Crippen LogP contribution in [0.25, 0.3) is 0 Å². The van der Waals surface area contributed by atoms with Gasteiger partial charge >= 0.3 is 5.97 Å². The lowest BCUT2D eigenvalue weighted by molar-refractivity contribution is -0.139. The number of amides is 5. The Balaban J connectivity index is 1.49. The number of hydrogen-bond donors (Lipinski definition) is 4. The van der Waals surface area contributed by atoms with Crippen LogP contribution in [0.2, 0.25) is 0 Å². The second-order valence-electron chi connectivity index (χ2n) is 7.46. The van der Waals surface area contributed by atoms with Crippen LogP contribution in [0.1, 0.15) is 46.4 Å². The zero-order chi connectivity index (χ0) is 24.0. The van der Waals surface area contributed by atoms with E-state index in [1.165, 1.54) is 6.07 Å². The Morgan fingerprint density at radius 3 is 2.58 bits per heavy atom. The van der Waals surface area contributed by atoms with Gasteiger partial charge in [-0.3, -0.25) is 39.0 Å². The number of anilines is 1. The number of imide groups is 2. The van der Waals surface area contributed by atoms with Crippen molar-refractivity contribution in [2.45, 2.75) is 31.7 Å². The monoisotopic (exact) mass is 460 g/mol. The number of benzene rings is 1. The maximum atomic E-state index is 13.0. The lowest BCUT2D eigenvalue weighted by Gasteiger charge is -2.27. The Bertz CT molecular complexity index is 992. The summed E-state index contributed by atoms with van der Waals surface area (Å²) in [6, 6.07) is 3.74. The topological polar surface area (TPSA) is 171 Å². The molecule has 2 heterocycles.